The highest BCUT2D eigenvalue weighted by Gasteiger charge is 2.35. The molecule has 2 fully saturated rings. The lowest BCUT2D eigenvalue weighted by Gasteiger charge is -2.35. The van der Waals surface area contributed by atoms with Crippen LogP contribution in [0.3, 0.4) is 0 Å². The summed E-state index contributed by atoms with van der Waals surface area (Å²) in [7, 11) is 5.65. The molecule has 0 aromatic heterocycles. The first-order chi connectivity index (χ1) is 10.2. The van der Waals surface area contributed by atoms with Gasteiger partial charge in [0.2, 0.25) is 0 Å². The van der Waals surface area contributed by atoms with Gasteiger partial charge in [-0.1, -0.05) is 6.07 Å². The number of methoxy groups -OCH3 is 2. The molecule has 0 radical (unpaired) electrons. The Labute approximate surface area is 127 Å². The van der Waals surface area contributed by atoms with E-state index in [-0.39, 0.29) is 0 Å². The number of fused-ring (bicyclic) bond motifs is 2. The molecule has 3 rings (SSSR count). The summed E-state index contributed by atoms with van der Waals surface area (Å²) in [5.74, 6) is 1.76. The standard InChI is InChI=1S/C17H26N2O2/c1-19(15-8-13-5-6-14(9-15)18-13)11-12-4-7-16(20-2)10-17(12)21-3/h4,7,10,13-15,18H,5-6,8-9,11H2,1-3H3. The average molecular weight is 290 g/mol. The van der Waals surface area contributed by atoms with Gasteiger partial charge in [0.05, 0.1) is 14.2 Å². The molecule has 2 unspecified atom stereocenters. The Kier molecular flexibility index (Phi) is 4.36. The fourth-order valence-electron chi connectivity index (χ4n) is 3.77. The Morgan fingerprint density at radius 1 is 1.14 bits per heavy atom. The third kappa shape index (κ3) is 3.16. The Hall–Kier alpha value is -1.26. The van der Waals surface area contributed by atoms with Gasteiger partial charge in [-0.05, 0) is 38.8 Å². The SMILES string of the molecule is COc1ccc(CN(C)C2CC3CCC(C2)N3)c(OC)c1. The molecule has 1 aromatic carbocycles. The van der Waals surface area contributed by atoms with Crippen LogP contribution in [-0.2, 0) is 6.54 Å². The highest BCUT2D eigenvalue weighted by molar-refractivity contribution is 5.40. The molecule has 2 saturated heterocycles. The zero-order chi connectivity index (χ0) is 14.8. The lowest BCUT2D eigenvalue weighted by molar-refractivity contribution is 0.164. The molecular weight excluding hydrogens is 264 g/mol. The minimum absolute atomic E-state index is 0.676. The van der Waals surface area contributed by atoms with Gasteiger partial charge in [0, 0.05) is 36.3 Å². The number of piperidine rings is 1. The summed E-state index contributed by atoms with van der Waals surface area (Å²) in [5.41, 5.74) is 1.23. The molecule has 0 amide bonds. The molecule has 4 nitrogen and oxygen atoms in total. The summed E-state index contributed by atoms with van der Waals surface area (Å²) in [5, 5.41) is 3.71. The number of benzene rings is 1. The molecular formula is C17H26N2O2. The predicted octanol–water partition coefficient (Wildman–Crippen LogP) is 2.42. The minimum atomic E-state index is 0.676. The quantitative estimate of drug-likeness (QED) is 0.903. The Morgan fingerprint density at radius 2 is 1.86 bits per heavy atom. The van der Waals surface area contributed by atoms with Crippen LogP contribution in [0.15, 0.2) is 18.2 Å². The maximum atomic E-state index is 5.51. The van der Waals surface area contributed by atoms with Crippen LogP contribution in [0.5, 0.6) is 11.5 Å². The van der Waals surface area contributed by atoms with Crippen molar-refractivity contribution in [2.75, 3.05) is 21.3 Å². The van der Waals surface area contributed by atoms with Gasteiger partial charge in [-0.25, -0.2) is 0 Å². The molecule has 2 bridgehead atoms. The Balaban J connectivity index is 1.68. The van der Waals surface area contributed by atoms with E-state index in [0.717, 1.165) is 30.1 Å². The molecule has 0 saturated carbocycles. The molecule has 116 valence electrons. The highest BCUT2D eigenvalue weighted by atomic mass is 16.5. The van der Waals surface area contributed by atoms with Crippen molar-refractivity contribution >= 4 is 0 Å². The molecule has 2 heterocycles. The van der Waals surface area contributed by atoms with Crippen molar-refractivity contribution in [2.45, 2.75) is 50.4 Å². The topological polar surface area (TPSA) is 33.7 Å². The van der Waals surface area contributed by atoms with E-state index in [1.165, 1.54) is 31.2 Å². The zero-order valence-electron chi connectivity index (χ0n) is 13.3. The van der Waals surface area contributed by atoms with E-state index in [2.05, 4.69) is 23.3 Å². The number of hydrogen-bond acceptors (Lipinski definition) is 4. The van der Waals surface area contributed by atoms with Gasteiger partial charge in [0.25, 0.3) is 0 Å². The highest BCUT2D eigenvalue weighted by Crippen LogP contribution is 2.31. The van der Waals surface area contributed by atoms with Crippen LogP contribution in [0.1, 0.15) is 31.2 Å². The van der Waals surface area contributed by atoms with Crippen molar-refractivity contribution in [3.05, 3.63) is 23.8 Å². The molecule has 2 atom stereocenters. The monoisotopic (exact) mass is 290 g/mol. The molecule has 21 heavy (non-hydrogen) atoms. The summed E-state index contributed by atoms with van der Waals surface area (Å²) in [6.07, 6.45) is 5.23. The van der Waals surface area contributed by atoms with Crippen LogP contribution in [0.4, 0.5) is 0 Å². The molecule has 1 aromatic rings. The van der Waals surface area contributed by atoms with Crippen molar-refractivity contribution in [3.63, 3.8) is 0 Å². The van der Waals surface area contributed by atoms with E-state index in [0.29, 0.717) is 6.04 Å². The van der Waals surface area contributed by atoms with Gasteiger partial charge in [-0.3, -0.25) is 4.90 Å². The molecule has 1 N–H and O–H groups in total. The number of ether oxygens (including phenoxy) is 2. The summed E-state index contributed by atoms with van der Waals surface area (Å²) in [4.78, 5) is 2.48. The number of nitrogens with zero attached hydrogens (tertiary/aromatic N) is 1. The zero-order valence-corrected chi connectivity index (χ0v) is 13.3. The van der Waals surface area contributed by atoms with Crippen molar-refractivity contribution in [1.82, 2.24) is 10.2 Å². The van der Waals surface area contributed by atoms with E-state index < -0.39 is 0 Å². The fourth-order valence-corrected chi connectivity index (χ4v) is 3.77. The first-order valence-corrected chi connectivity index (χ1v) is 7.86. The third-order valence-corrected chi connectivity index (χ3v) is 4.99. The second-order valence-electron chi connectivity index (χ2n) is 6.36. The van der Waals surface area contributed by atoms with Crippen molar-refractivity contribution < 1.29 is 9.47 Å². The van der Waals surface area contributed by atoms with E-state index in [1.54, 1.807) is 14.2 Å². The van der Waals surface area contributed by atoms with Crippen molar-refractivity contribution in [2.24, 2.45) is 0 Å². The maximum absolute atomic E-state index is 5.51. The second kappa shape index (κ2) is 6.24. The van der Waals surface area contributed by atoms with Crippen LogP contribution in [-0.4, -0.2) is 44.3 Å². The number of rotatable bonds is 5. The molecule has 0 aliphatic carbocycles. The van der Waals surface area contributed by atoms with Crippen LogP contribution in [0, 0.1) is 0 Å². The first-order valence-electron chi connectivity index (χ1n) is 7.86. The van der Waals surface area contributed by atoms with Crippen molar-refractivity contribution in [1.29, 1.82) is 0 Å². The van der Waals surface area contributed by atoms with E-state index in [4.69, 9.17) is 9.47 Å². The van der Waals surface area contributed by atoms with Crippen molar-refractivity contribution in [3.8, 4) is 11.5 Å². The van der Waals surface area contributed by atoms with Crippen LogP contribution in [0.2, 0.25) is 0 Å². The van der Waals surface area contributed by atoms with Gasteiger partial charge in [0.15, 0.2) is 0 Å². The molecule has 4 heteroatoms. The lowest BCUT2D eigenvalue weighted by atomic mass is 9.98. The fraction of sp³-hybridized carbons (Fsp3) is 0.647. The minimum Gasteiger partial charge on any atom is -0.497 e. The summed E-state index contributed by atoms with van der Waals surface area (Å²) in [6.45, 7) is 0.928. The van der Waals surface area contributed by atoms with Gasteiger partial charge in [-0.2, -0.15) is 0 Å². The number of hydrogen-bond donors (Lipinski definition) is 1. The van der Waals surface area contributed by atoms with E-state index >= 15 is 0 Å². The summed E-state index contributed by atoms with van der Waals surface area (Å²) < 4.78 is 10.8. The van der Waals surface area contributed by atoms with E-state index in [1.807, 2.05) is 12.1 Å². The Morgan fingerprint density at radius 3 is 2.48 bits per heavy atom. The predicted molar refractivity (Wildman–Crippen MR) is 84.0 cm³/mol. The Bertz CT molecular complexity index is 480. The second-order valence-corrected chi connectivity index (χ2v) is 6.36. The van der Waals surface area contributed by atoms with Gasteiger partial charge < -0.3 is 14.8 Å². The summed E-state index contributed by atoms with van der Waals surface area (Å²) >= 11 is 0. The molecule has 2 aliphatic heterocycles. The first kappa shape index (κ1) is 14.7. The normalized spacial score (nSPS) is 27.9. The van der Waals surface area contributed by atoms with E-state index in [9.17, 15) is 0 Å². The maximum Gasteiger partial charge on any atom is 0.127 e. The number of nitrogens with one attached hydrogen (secondary N) is 1. The third-order valence-electron chi connectivity index (χ3n) is 4.99. The van der Waals surface area contributed by atoms with Gasteiger partial charge in [0.1, 0.15) is 11.5 Å². The lowest BCUT2D eigenvalue weighted by Crippen LogP contribution is -2.46. The van der Waals surface area contributed by atoms with Crippen LogP contribution >= 0.6 is 0 Å². The van der Waals surface area contributed by atoms with Gasteiger partial charge >= 0.3 is 0 Å². The van der Waals surface area contributed by atoms with Crippen LogP contribution < -0.4 is 14.8 Å². The largest absolute Gasteiger partial charge is 0.497 e. The smallest absolute Gasteiger partial charge is 0.127 e. The average Bonchev–Trinajstić information content (AvgIpc) is 2.85. The molecule has 2 aliphatic rings. The molecule has 0 spiro atoms. The van der Waals surface area contributed by atoms with Crippen LogP contribution in [0.25, 0.3) is 0 Å². The van der Waals surface area contributed by atoms with Gasteiger partial charge in [-0.15, -0.1) is 0 Å². The summed E-state index contributed by atoms with van der Waals surface area (Å²) in [6, 6.07) is 8.23.